The molecule has 0 saturated heterocycles. The van der Waals surface area contributed by atoms with Gasteiger partial charge in [-0.3, -0.25) is 15.0 Å². The second-order valence-corrected chi connectivity index (χ2v) is 12.6. The summed E-state index contributed by atoms with van der Waals surface area (Å²) in [6.45, 7) is 8.97. The molecule has 0 aliphatic heterocycles. The molecule has 5 unspecified atom stereocenters. The topological polar surface area (TPSA) is 58.0 Å². The summed E-state index contributed by atoms with van der Waals surface area (Å²) in [6.07, 6.45) is 17.0. The molecule has 3 aliphatic rings. The maximum absolute atomic E-state index is 13.5. The Labute approximate surface area is 221 Å². The van der Waals surface area contributed by atoms with Crippen LogP contribution < -0.4 is 0 Å². The van der Waals surface area contributed by atoms with Crippen molar-refractivity contribution >= 4 is 34.4 Å². The van der Waals surface area contributed by atoms with Crippen molar-refractivity contribution < 1.29 is 9.59 Å². The minimum Gasteiger partial charge on any atom is -0.298 e. The summed E-state index contributed by atoms with van der Waals surface area (Å²) >= 11 is 1.37. The maximum Gasteiger partial charge on any atom is 0.178 e. The lowest BCUT2D eigenvalue weighted by atomic mass is 9.57. The Balaban J connectivity index is 1.41. The number of allylic oxidation sites excluding steroid dienone is 4. The summed E-state index contributed by atoms with van der Waals surface area (Å²) in [7, 11) is 0. The van der Waals surface area contributed by atoms with Crippen molar-refractivity contribution in [1.82, 2.24) is 0 Å². The van der Waals surface area contributed by atoms with E-state index in [-0.39, 0.29) is 22.5 Å². The van der Waals surface area contributed by atoms with Gasteiger partial charge >= 0.3 is 0 Å². The Bertz CT molecular complexity index is 1110. The fourth-order valence-electron chi connectivity index (χ4n) is 7.35. The fraction of sp³-hybridized carbons (Fsp3) is 0.531. The second-order valence-electron chi connectivity index (χ2n) is 11.6. The summed E-state index contributed by atoms with van der Waals surface area (Å²) in [5.41, 5.74) is 3.59. The average Bonchev–Trinajstić information content (AvgIpc) is 3.19. The first kappa shape index (κ1) is 26.9. The summed E-state index contributed by atoms with van der Waals surface area (Å²) in [6, 6.07) is 8.14. The predicted octanol–water partition coefficient (Wildman–Crippen LogP) is 7.99. The lowest BCUT2D eigenvalue weighted by Gasteiger charge is -2.47. The summed E-state index contributed by atoms with van der Waals surface area (Å²) in [5, 5.41) is 8.80. The zero-order valence-corrected chi connectivity index (χ0v) is 23.1. The van der Waals surface area contributed by atoms with Crippen LogP contribution >= 0.6 is 11.8 Å². The largest absolute Gasteiger partial charge is 0.298 e. The zero-order chi connectivity index (χ0) is 25.9. The number of nitrogens with one attached hydrogen (secondary N) is 1. The van der Waals surface area contributed by atoms with Crippen molar-refractivity contribution in [1.29, 1.82) is 5.41 Å². The van der Waals surface area contributed by atoms with Gasteiger partial charge in [-0.15, -0.1) is 0 Å². The maximum atomic E-state index is 13.5. The van der Waals surface area contributed by atoms with Crippen LogP contribution in [0, 0.1) is 40.9 Å². The molecule has 0 spiro atoms. The second kappa shape index (κ2) is 11.0. The van der Waals surface area contributed by atoms with E-state index in [9.17, 15) is 9.59 Å². The molecule has 0 bridgehead atoms. The molecule has 4 rings (SSSR count). The molecule has 1 aromatic rings. The molecule has 36 heavy (non-hydrogen) atoms. The predicted molar refractivity (Wildman–Crippen MR) is 152 cm³/mol. The van der Waals surface area contributed by atoms with Gasteiger partial charge in [-0.2, -0.15) is 0 Å². The van der Waals surface area contributed by atoms with Crippen LogP contribution in [0.5, 0.6) is 0 Å². The van der Waals surface area contributed by atoms with Crippen LogP contribution in [-0.4, -0.2) is 22.4 Å². The highest BCUT2D eigenvalue weighted by Crippen LogP contribution is 2.59. The van der Waals surface area contributed by atoms with Crippen LogP contribution in [-0.2, 0) is 9.59 Å². The van der Waals surface area contributed by atoms with Crippen molar-refractivity contribution in [3.05, 3.63) is 65.3 Å². The van der Waals surface area contributed by atoms with Crippen LogP contribution in [0.4, 0.5) is 0 Å². The van der Waals surface area contributed by atoms with Crippen molar-refractivity contribution in [3.8, 4) is 0 Å². The molecule has 0 radical (unpaired) electrons. The van der Waals surface area contributed by atoms with Gasteiger partial charge in [0.1, 0.15) is 5.78 Å². The lowest BCUT2D eigenvalue weighted by molar-refractivity contribution is -0.124. The van der Waals surface area contributed by atoms with Gasteiger partial charge in [0.05, 0.1) is 10.8 Å². The lowest BCUT2D eigenvalue weighted by Crippen LogP contribution is -2.40. The fourth-order valence-corrected chi connectivity index (χ4v) is 8.01. The molecule has 4 heteroatoms. The number of rotatable bonds is 8. The monoisotopic (exact) mass is 503 g/mol. The minimum atomic E-state index is -0.0135. The molecule has 0 aromatic heterocycles. The van der Waals surface area contributed by atoms with E-state index >= 15 is 0 Å². The highest BCUT2D eigenvalue weighted by atomic mass is 32.2. The first-order valence-electron chi connectivity index (χ1n) is 13.6. The van der Waals surface area contributed by atoms with Gasteiger partial charge in [0, 0.05) is 11.3 Å². The van der Waals surface area contributed by atoms with Gasteiger partial charge in [0.25, 0.3) is 0 Å². The number of hydrogen-bond acceptors (Lipinski definition) is 4. The quantitative estimate of drug-likeness (QED) is 0.289. The number of ketones is 2. The highest BCUT2D eigenvalue weighted by molar-refractivity contribution is 8.14. The van der Waals surface area contributed by atoms with E-state index in [1.165, 1.54) is 22.9 Å². The molecule has 0 heterocycles. The van der Waals surface area contributed by atoms with E-state index < -0.39 is 0 Å². The summed E-state index contributed by atoms with van der Waals surface area (Å²) < 4.78 is 0. The van der Waals surface area contributed by atoms with Crippen LogP contribution in [0.3, 0.4) is 0 Å². The van der Waals surface area contributed by atoms with Crippen molar-refractivity contribution in [2.75, 3.05) is 5.75 Å². The number of hydrogen-bond donors (Lipinski definition) is 1. The number of thioether (sulfide) groups is 1. The molecule has 1 aromatic carbocycles. The first-order valence-corrected chi connectivity index (χ1v) is 14.6. The first-order chi connectivity index (χ1) is 17.2. The van der Waals surface area contributed by atoms with E-state index in [0.717, 1.165) is 50.5 Å². The third-order valence-electron chi connectivity index (χ3n) is 9.26. The summed E-state index contributed by atoms with van der Waals surface area (Å²) in [4.78, 5) is 25.4. The van der Waals surface area contributed by atoms with Gasteiger partial charge in [-0.1, -0.05) is 80.9 Å². The molecule has 5 atom stereocenters. The van der Waals surface area contributed by atoms with Gasteiger partial charge < -0.3 is 0 Å². The molecule has 3 nitrogen and oxygen atoms in total. The van der Waals surface area contributed by atoms with Gasteiger partial charge in [-0.25, -0.2) is 0 Å². The molecular weight excluding hydrogens is 462 g/mol. The van der Waals surface area contributed by atoms with Crippen LogP contribution in [0.15, 0.2) is 54.1 Å². The SMILES string of the molecule is CCCC1(C)C(C(=O)CSC(=N)/C=C\c2ccccc2C)CCC1C1CCC2=CC(=O)C=CC2(C)C1. The Morgan fingerprint density at radius 1 is 1.19 bits per heavy atom. The Hall–Kier alpha value is -2.20. The van der Waals surface area contributed by atoms with Crippen molar-refractivity contribution in [2.45, 2.75) is 72.6 Å². The van der Waals surface area contributed by atoms with Crippen molar-refractivity contribution in [2.24, 2.45) is 28.6 Å². The Morgan fingerprint density at radius 3 is 2.72 bits per heavy atom. The zero-order valence-electron chi connectivity index (χ0n) is 22.3. The number of aryl methyl sites for hydroxylation is 1. The van der Waals surface area contributed by atoms with Crippen LogP contribution in [0.1, 0.15) is 76.8 Å². The molecule has 2 saturated carbocycles. The average molecular weight is 504 g/mol. The number of benzene rings is 1. The standard InChI is InChI=1S/C32H41NO2S/c1-5-17-32(4)27(24-10-12-25-19-26(34)16-18-31(25,3)20-24)13-14-28(32)29(35)21-36-30(33)15-11-23-9-7-6-8-22(23)2/h6-9,11,15-16,18-19,24,27-28,33H,5,10,12-14,17,20-21H2,1-4H3/b15-11-,33-30?. The van der Waals surface area contributed by atoms with E-state index in [4.69, 9.17) is 5.41 Å². The third kappa shape index (κ3) is 5.54. The molecule has 3 aliphatic carbocycles. The number of carbonyl (C=O) groups excluding carboxylic acids is 2. The third-order valence-corrected chi connectivity index (χ3v) is 10.1. The molecule has 2 fully saturated rings. The number of carbonyl (C=O) groups is 2. The molecular formula is C32H41NO2S. The minimum absolute atomic E-state index is 0.0135. The van der Waals surface area contributed by atoms with Gasteiger partial charge in [0.15, 0.2) is 5.78 Å². The van der Waals surface area contributed by atoms with E-state index in [1.54, 1.807) is 6.08 Å². The van der Waals surface area contributed by atoms with E-state index in [1.807, 2.05) is 30.4 Å². The van der Waals surface area contributed by atoms with Crippen molar-refractivity contribution in [3.63, 3.8) is 0 Å². The highest BCUT2D eigenvalue weighted by Gasteiger charge is 2.53. The smallest absolute Gasteiger partial charge is 0.178 e. The number of fused-ring (bicyclic) bond motifs is 1. The Kier molecular flexibility index (Phi) is 8.24. The number of Topliss-reactive ketones (excluding diaryl/α,β-unsaturated/α-hetero) is 1. The van der Waals surface area contributed by atoms with Gasteiger partial charge in [0.2, 0.25) is 0 Å². The molecule has 0 amide bonds. The molecule has 192 valence electrons. The summed E-state index contributed by atoms with van der Waals surface area (Å²) in [5.74, 6) is 2.03. The van der Waals surface area contributed by atoms with E-state index in [0.29, 0.717) is 28.4 Å². The Morgan fingerprint density at radius 2 is 1.97 bits per heavy atom. The van der Waals surface area contributed by atoms with Crippen LogP contribution in [0.25, 0.3) is 6.08 Å². The van der Waals surface area contributed by atoms with Gasteiger partial charge in [-0.05, 0) is 92.1 Å². The molecule has 1 N–H and O–H groups in total. The van der Waals surface area contributed by atoms with E-state index in [2.05, 4.69) is 45.9 Å². The normalized spacial score (nSPS) is 31.9. The van der Waals surface area contributed by atoms with Crippen LogP contribution in [0.2, 0.25) is 0 Å².